The monoisotopic (exact) mass is 357 g/mol. The zero-order chi connectivity index (χ0) is 17.9. The van der Waals surface area contributed by atoms with Crippen LogP contribution in [0.15, 0.2) is 16.9 Å². The van der Waals surface area contributed by atoms with E-state index < -0.39 is 0 Å². The van der Waals surface area contributed by atoms with Gasteiger partial charge in [-0.3, -0.25) is 9.78 Å². The molecule has 0 spiro atoms. The third-order valence-electron chi connectivity index (χ3n) is 4.98. The fraction of sp³-hybridized carbons (Fsp3) is 0.611. The van der Waals surface area contributed by atoms with E-state index in [-0.39, 0.29) is 11.8 Å². The molecule has 1 saturated carbocycles. The number of likely N-dealkylation sites (tertiary alicyclic amines) is 1. The number of ether oxygens (including phenoxy) is 1. The van der Waals surface area contributed by atoms with Crippen molar-refractivity contribution in [3.63, 3.8) is 0 Å². The van der Waals surface area contributed by atoms with Gasteiger partial charge in [-0.1, -0.05) is 18.0 Å². The number of carbonyl (C=O) groups excluding carboxylic acids is 1. The van der Waals surface area contributed by atoms with E-state index in [4.69, 9.17) is 9.26 Å². The normalized spacial score (nSPS) is 18.3. The summed E-state index contributed by atoms with van der Waals surface area (Å²) >= 11 is 0. The molecule has 2 aromatic rings. The number of nitrogens with zero attached hydrogens (tertiary/aromatic N) is 5. The largest absolute Gasteiger partial charge is 0.378 e. The first-order valence-electron chi connectivity index (χ1n) is 9.21. The van der Waals surface area contributed by atoms with Crippen LogP contribution >= 0.6 is 0 Å². The van der Waals surface area contributed by atoms with Gasteiger partial charge in [0, 0.05) is 25.7 Å². The predicted octanol–water partition coefficient (Wildman–Crippen LogP) is 1.91. The molecule has 1 aliphatic carbocycles. The Bertz CT molecular complexity index is 748. The molecule has 1 saturated heterocycles. The molecule has 4 rings (SSSR count). The lowest BCUT2D eigenvalue weighted by Gasteiger charge is -2.36. The van der Waals surface area contributed by atoms with E-state index in [2.05, 4.69) is 20.1 Å². The zero-order valence-corrected chi connectivity index (χ0v) is 14.9. The fourth-order valence-electron chi connectivity index (χ4n) is 3.37. The van der Waals surface area contributed by atoms with Gasteiger partial charge in [0.15, 0.2) is 5.82 Å². The topological polar surface area (TPSA) is 94.2 Å². The molecule has 3 heterocycles. The molecule has 0 aromatic carbocycles. The highest BCUT2D eigenvalue weighted by molar-refractivity contribution is 5.92. The van der Waals surface area contributed by atoms with Crippen LogP contribution in [-0.2, 0) is 11.2 Å². The Hall–Kier alpha value is -2.35. The van der Waals surface area contributed by atoms with Gasteiger partial charge in [0.25, 0.3) is 5.91 Å². The maximum atomic E-state index is 12.3. The van der Waals surface area contributed by atoms with Crippen molar-refractivity contribution in [2.45, 2.75) is 51.0 Å². The first-order valence-corrected chi connectivity index (χ1v) is 9.21. The molecule has 1 amide bonds. The Kier molecular flexibility index (Phi) is 4.92. The quantitative estimate of drug-likeness (QED) is 0.779. The molecule has 138 valence electrons. The lowest BCUT2D eigenvalue weighted by atomic mass is 10.00. The summed E-state index contributed by atoms with van der Waals surface area (Å²) < 4.78 is 11.2. The smallest absolute Gasteiger partial charge is 0.274 e. The Balaban J connectivity index is 1.24. The summed E-state index contributed by atoms with van der Waals surface area (Å²) in [5, 5.41) is 4.03. The number of hydrogen-bond acceptors (Lipinski definition) is 7. The second-order valence-electron chi connectivity index (χ2n) is 7.03. The summed E-state index contributed by atoms with van der Waals surface area (Å²) in [5.41, 5.74) is 1.16. The molecule has 0 bridgehead atoms. The van der Waals surface area contributed by atoms with Crippen LogP contribution in [-0.4, -0.2) is 56.7 Å². The molecule has 8 nitrogen and oxygen atoms in total. The van der Waals surface area contributed by atoms with E-state index in [9.17, 15) is 4.79 Å². The molecule has 1 aliphatic heterocycles. The average molecular weight is 357 g/mol. The van der Waals surface area contributed by atoms with E-state index >= 15 is 0 Å². The van der Waals surface area contributed by atoms with Crippen molar-refractivity contribution in [2.75, 3.05) is 19.7 Å². The van der Waals surface area contributed by atoms with Crippen molar-refractivity contribution in [1.29, 1.82) is 0 Å². The number of aromatic nitrogens is 4. The van der Waals surface area contributed by atoms with Gasteiger partial charge < -0.3 is 14.2 Å². The molecule has 0 N–H and O–H groups in total. The fourth-order valence-corrected chi connectivity index (χ4v) is 3.37. The first-order chi connectivity index (χ1) is 12.7. The summed E-state index contributed by atoms with van der Waals surface area (Å²) in [6.07, 6.45) is 9.03. The molecule has 0 atom stereocenters. The van der Waals surface area contributed by atoms with Gasteiger partial charge in [-0.15, -0.1) is 0 Å². The third kappa shape index (κ3) is 3.75. The molecule has 8 heteroatoms. The summed E-state index contributed by atoms with van der Waals surface area (Å²) in [4.78, 5) is 26.7. The van der Waals surface area contributed by atoms with E-state index in [1.54, 1.807) is 11.1 Å². The number of rotatable bonds is 6. The highest BCUT2D eigenvalue weighted by Crippen LogP contribution is 2.27. The third-order valence-corrected chi connectivity index (χ3v) is 4.98. The SMILES string of the molecule is Cc1cnc(C(=O)N2CC(c3nc(CCOC4CCCC4)no3)C2)cn1. The van der Waals surface area contributed by atoms with Gasteiger partial charge in [0.1, 0.15) is 5.69 Å². The number of carbonyl (C=O) groups is 1. The van der Waals surface area contributed by atoms with Crippen molar-refractivity contribution >= 4 is 5.91 Å². The first kappa shape index (κ1) is 17.1. The summed E-state index contributed by atoms with van der Waals surface area (Å²) in [6, 6.07) is 0. The summed E-state index contributed by atoms with van der Waals surface area (Å²) in [6.45, 7) is 3.60. The van der Waals surface area contributed by atoms with Crippen molar-refractivity contribution in [1.82, 2.24) is 25.0 Å². The van der Waals surface area contributed by atoms with Crippen LogP contribution in [0.4, 0.5) is 0 Å². The van der Waals surface area contributed by atoms with Crippen LogP contribution in [0.5, 0.6) is 0 Å². The Morgan fingerprint density at radius 3 is 2.81 bits per heavy atom. The number of aryl methyl sites for hydroxylation is 1. The minimum absolute atomic E-state index is 0.0920. The van der Waals surface area contributed by atoms with Crippen molar-refractivity contribution in [3.8, 4) is 0 Å². The van der Waals surface area contributed by atoms with Crippen LogP contribution in [0.3, 0.4) is 0 Å². The second-order valence-corrected chi connectivity index (χ2v) is 7.03. The molecule has 26 heavy (non-hydrogen) atoms. The maximum Gasteiger partial charge on any atom is 0.274 e. The molecule has 2 fully saturated rings. The van der Waals surface area contributed by atoms with Crippen LogP contribution in [0.2, 0.25) is 0 Å². The van der Waals surface area contributed by atoms with Gasteiger partial charge in [0.05, 0.1) is 30.5 Å². The lowest BCUT2D eigenvalue weighted by molar-refractivity contribution is 0.0561. The molecular weight excluding hydrogens is 334 g/mol. The molecule has 0 radical (unpaired) electrons. The minimum atomic E-state index is -0.113. The predicted molar refractivity (Wildman–Crippen MR) is 91.6 cm³/mol. The van der Waals surface area contributed by atoms with Crippen molar-refractivity contribution < 1.29 is 14.1 Å². The van der Waals surface area contributed by atoms with Crippen LogP contribution in [0.25, 0.3) is 0 Å². The van der Waals surface area contributed by atoms with Gasteiger partial charge in [0.2, 0.25) is 5.89 Å². The zero-order valence-electron chi connectivity index (χ0n) is 14.9. The Morgan fingerprint density at radius 2 is 2.08 bits per heavy atom. The number of amides is 1. The molecule has 2 aliphatic rings. The lowest BCUT2D eigenvalue weighted by Crippen LogP contribution is -2.48. The van der Waals surface area contributed by atoms with Gasteiger partial charge in [-0.05, 0) is 19.8 Å². The van der Waals surface area contributed by atoms with Gasteiger partial charge >= 0.3 is 0 Å². The van der Waals surface area contributed by atoms with Crippen LogP contribution < -0.4 is 0 Å². The summed E-state index contributed by atoms with van der Waals surface area (Å²) in [5.74, 6) is 1.25. The molecule has 2 aromatic heterocycles. The highest BCUT2D eigenvalue weighted by Gasteiger charge is 2.36. The average Bonchev–Trinajstić information content (AvgIpc) is 3.26. The van der Waals surface area contributed by atoms with Gasteiger partial charge in [-0.25, -0.2) is 4.98 Å². The van der Waals surface area contributed by atoms with Crippen molar-refractivity contribution in [2.24, 2.45) is 0 Å². The van der Waals surface area contributed by atoms with E-state index in [1.165, 1.54) is 19.0 Å². The van der Waals surface area contributed by atoms with Gasteiger partial charge in [-0.2, -0.15) is 4.98 Å². The Labute approximate surface area is 152 Å². The highest BCUT2D eigenvalue weighted by atomic mass is 16.5. The minimum Gasteiger partial charge on any atom is -0.378 e. The maximum absolute atomic E-state index is 12.3. The van der Waals surface area contributed by atoms with E-state index in [0.29, 0.717) is 49.6 Å². The Morgan fingerprint density at radius 1 is 1.27 bits per heavy atom. The van der Waals surface area contributed by atoms with Crippen LogP contribution in [0.1, 0.15) is 59.5 Å². The number of hydrogen-bond donors (Lipinski definition) is 0. The standard InChI is InChI=1S/C18H23N5O3/c1-12-8-20-15(9-19-12)18(24)23-10-13(11-23)17-21-16(22-26-17)6-7-25-14-4-2-3-5-14/h8-9,13-14H,2-7,10-11H2,1H3. The van der Waals surface area contributed by atoms with E-state index in [0.717, 1.165) is 18.5 Å². The van der Waals surface area contributed by atoms with E-state index in [1.807, 2.05) is 6.92 Å². The molecular formula is C18H23N5O3. The summed E-state index contributed by atoms with van der Waals surface area (Å²) in [7, 11) is 0. The second kappa shape index (κ2) is 7.49. The van der Waals surface area contributed by atoms with Crippen molar-refractivity contribution in [3.05, 3.63) is 35.5 Å². The molecule has 0 unspecified atom stereocenters. The van der Waals surface area contributed by atoms with Crippen LogP contribution in [0, 0.1) is 6.92 Å².